The first-order valence-electron chi connectivity index (χ1n) is 7.44. The van der Waals surface area contributed by atoms with E-state index in [4.69, 9.17) is 10.00 Å². The number of esters is 1. The highest BCUT2D eigenvalue weighted by Crippen LogP contribution is 2.32. The van der Waals surface area contributed by atoms with E-state index in [9.17, 15) is 4.79 Å². The van der Waals surface area contributed by atoms with Crippen molar-refractivity contribution in [3.05, 3.63) is 53.9 Å². The minimum Gasteiger partial charge on any atom is -0.457 e. The molecule has 5 nitrogen and oxygen atoms in total. The van der Waals surface area contributed by atoms with Crippen molar-refractivity contribution in [2.24, 2.45) is 0 Å². The van der Waals surface area contributed by atoms with Crippen LogP contribution in [-0.4, -0.2) is 21.9 Å². The van der Waals surface area contributed by atoms with E-state index in [1.165, 1.54) is 0 Å². The topological polar surface area (TPSA) is 67.9 Å². The Kier molecular flexibility index (Phi) is 4.19. The number of hydrogen-bond acceptors (Lipinski definition) is 4. The van der Waals surface area contributed by atoms with Gasteiger partial charge in [-0.25, -0.2) is 4.79 Å². The van der Waals surface area contributed by atoms with Gasteiger partial charge in [-0.05, 0) is 43.0 Å². The lowest BCUT2D eigenvalue weighted by Crippen LogP contribution is -2.25. The van der Waals surface area contributed by atoms with Crippen molar-refractivity contribution in [3.63, 3.8) is 0 Å². The van der Waals surface area contributed by atoms with E-state index in [0.29, 0.717) is 12.0 Å². The number of ether oxygens (including phenoxy) is 1. The van der Waals surface area contributed by atoms with Crippen LogP contribution in [-0.2, 0) is 11.2 Å². The van der Waals surface area contributed by atoms with Crippen molar-refractivity contribution >= 4 is 5.97 Å². The van der Waals surface area contributed by atoms with E-state index in [0.717, 1.165) is 24.8 Å². The first-order chi connectivity index (χ1) is 10.8. The predicted molar refractivity (Wildman–Crippen MR) is 80.1 cm³/mol. The predicted octanol–water partition coefficient (Wildman–Crippen LogP) is 2.90. The highest BCUT2D eigenvalue weighted by atomic mass is 16.5. The highest BCUT2D eigenvalue weighted by molar-refractivity contribution is 5.89. The number of nitriles is 1. The molecule has 2 aromatic rings. The van der Waals surface area contributed by atoms with E-state index in [-0.39, 0.29) is 18.1 Å². The molecular weight excluding hydrogens is 278 g/mol. The molecule has 3 rings (SSSR count). The Bertz CT molecular complexity index is 688. The summed E-state index contributed by atoms with van der Waals surface area (Å²) in [7, 11) is 0. The molecule has 1 aromatic carbocycles. The zero-order chi connectivity index (χ0) is 15.4. The van der Waals surface area contributed by atoms with Crippen LogP contribution < -0.4 is 0 Å². The number of benzene rings is 1. The molecule has 0 spiro atoms. The average molecular weight is 295 g/mol. The Balaban J connectivity index is 1.71. The van der Waals surface area contributed by atoms with E-state index in [1.807, 2.05) is 23.0 Å². The molecule has 0 bridgehead atoms. The van der Waals surface area contributed by atoms with Crippen molar-refractivity contribution in [3.8, 4) is 6.07 Å². The fourth-order valence-corrected chi connectivity index (χ4v) is 2.93. The lowest BCUT2D eigenvalue weighted by Gasteiger charge is -2.20. The van der Waals surface area contributed by atoms with Crippen LogP contribution >= 0.6 is 0 Å². The van der Waals surface area contributed by atoms with Crippen molar-refractivity contribution < 1.29 is 9.53 Å². The molecule has 1 fully saturated rings. The normalized spacial score (nSPS) is 20.5. The lowest BCUT2D eigenvalue weighted by molar-refractivity contribution is 0.0209. The van der Waals surface area contributed by atoms with Crippen LogP contribution in [0, 0.1) is 11.3 Å². The smallest absolute Gasteiger partial charge is 0.338 e. The van der Waals surface area contributed by atoms with Gasteiger partial charge in [-0.2, -0.15) is 10.4 Å². The van der Waals surface area contributed by atoms with E-state index < -0.39 is 0 Å². The van der Waals surface area contributed by atoms with Gasteiger partial charge in [-0.3, -0.25) is 4.68 Å². The van der Waals surface area contributed by atoms with E-state index >= 15 is 0 Å². The van der Waals surface area contributed by atoms with Gasteiger partial charge in [0.15, 0.2) is 0 Å². The maximum Gasteiger partial charge on any atom is 0.338 e. The third-order valence-electron chi connectivity index (χ3n) is 3.99. The summed E-state index contributed by atoms with van der Waals surface area (Å²) in [6, 6.07) is 11.1. The molecule has 0 saturated heterocycles. The summed E-state index contributed by atoms with van der Waals surface area (Å²) in [6.07, 6.45) is 6.64. The van der Waals surface area contributed by atoms with Crippen LogP contribution in [0.15, 0.2) is 42.7 Å². The summed E-state index contributed by atoms with van der Waals surface area (Å²) < 4.78 is 7.56. The molecule has 1 aromatic heterocycles. The summed E-state index contributed by atoms with van der Waals surface area (Å²) in [5.74, 6) is -0.330. The van der Waals surface area contributed by atoms with Gasteiger partial charge >= 0.3 is 5.97 Å². The SMILES string of the molecule is N#CCc1cccc(C(=O)O[C@@H]2CCC[C@H]2n2cccn2)c1. The lowest BCUT2D eigenvalue weighted by atomic mass is 10.1. The maximum absolute atomic E-state index is 12.3. The summed E-state index contributed by atoms with van der Waals surface area (Å²) in [5, 5.41) is 13.0. The maximum atomic E-state index is 12.3. The molecule has 0 aliphatic heterocycles. The summed E-state index contributed by atoms with van der Waals surface area (Å²) in [5.41, 5.74) is 1.32. The zero-order valence-electron chi connectivity index (χ0n) is 12.2. The first-order valence-corrected chi connectivity index (χ1v) is 7.44. The van der Waals surface area contributed by atoms with Crippen LogP contribution in [0.4, 0.5) is 0 Å². The van der Waals surface area contributed by atoms with Gasteiger partial charge in [0.05, 0.1) is 24.1 Å². The molecule has 0 radical (unpaired) electrons. The van der Waals surface area contributed by atoms with Crippen molar-refractivity contribution in [1.82, 2.24) is 9.78 Å². The second kappa shape index (κ2) is 6.44. The van der Waals surface area contributed by atoms with Crippen LogP contribution in [0.3, 0.4) is 0 Å². The minimum absolute atomic E-state index is 0.112. The number of carbonyl (C=O) groups excluding carboxylic acids is 1. The molecule has 0 amide bonds. The van der Waals surface area contributed by atoms with Gasteiger partial charge in [0.25, 0.3) is 0 Å². The molecule has 2 atom stereocenters. The standard InChI is InChI=1S/C17H17N3O2/c18-9-8-13-4-1-5-14(12-13)17(21)22-16-7-2-6-15(16)20-11-3-10-19-20/h1,3-5,10-12,15-16H,2,6-8H2/t15-,16-/m1/s1. The molecule has 1 aliphatic carbocycles. The van der Waals surface area contributed by atoms with E-state index in [1.54, 1.807) is 24.4 Å². The fourth-order valence-electron chi connectivity index (χ4n) is 2.93. The second-order valence-electron chi connectivity index (χ2n) is 5.46. The first kappa shape index (κ1) is 14.3. The Labute approximate surface area is 129 Å². The fraction of sp³-hybridized carbons (Fsp3) is 0.353. The van der Waals surface area contributed by atoms with Gasteiger partial charge in [-0.1, -0.05) is 12.1 Å². The quantitative estimate of drug-likeness (QED) is 0.813. The zero-order valence-corrected chi connectivity index (χ0v) is 12.2. The Morgan fingerprint density at radius 2 is 2.32 bits per heavy atom. The molecule has 1 heterocycles. The second-order valence-corrected chi connectivity index (χ2v) is 5.46. The largest absolute Gasteiger partial charge is 0.457 e. The van der Waals surface area contributed by atoms with Crippen LogP contribution in [0.2, 0.25) is 0 Å². The number of rotatable bonds is 4. The van der Waals surface area contributed by atoms with Gasteiger partial charge < -0.3 is 4.74 Å². The summed E-state index contributed by atoms with van der Waals surface area (Å²) >= 11 is 0. The molecule has 22 heavy (non-hydrogen) atoms. The number of nitrogens with zero attached hydrogens (tertiary/aromatic N) is 3. The minimum atomic E-state index is -0.330. The number of carbonyl (C=O) groups is 1. The molecule has 1 saturated carbocycles. The Hall–Kier alpha value is -2.61. The van der Waals surface area contributed by atoms with Gasteiger partial charge in [0, 0.05) is 12.4 Å². The van der Waals surface area contributed by atoms with E-state index in [2.05, 4.69) is 11.2 Å². The number of hydrogen-bond donors (Lipinski definition) is 0. The van der Waals surface area contributed by atoms with Gasteiger partial charge in [0.2, 0.25) is 0 Å². The van der Waals surface area contributed by atoms with Crippen LogP contribution in [0.25, 0.3) is 0 Å². The third kappa shape index (κ3) is 3.01. The molecular formula is C17H17N3O2. The van der Waals surface area contributed by atoms with Crippen LogP contribution in [0.1, 0.15) is 41.2 Å². The average Bonchev–Trinajstić information content (AvgIpc) is 3.18. The summed E-state index contributed by atoms with van der Waals surface area (Å²) in [6.45, 7) is 0. The monoisotopic (exact) mass is 295 g/mol. The van der Waals surface area contributed by atoms with Gasteiger partial charge in [-0.15, -0.1) is 0 Å². The molecule has 0 N–H and O–H groups in total. The highest BCUT2D eigenvalue weighted by Gasteiger charge is 2.32. The molecule has 1 aliphatic rings. The van der Waals surface area contributed by atoms with Crippen molar-refractivity contribution in [1.29, 1.82) is 5.26 Å². The Morgan fingerprint density at radius 3 is 3.09 bits per heavy atom. The summed E-state index contributed by atoms with van der Waals surface area (Å²) in [4.78, 5) is 12.3. The number of aromatic nitrogens is 2. The van der Waals surface area contributed by atoms with Crippen LogP contribution in [0.5, 0.6) is 0 Å². The van der Waals surface area contributed by atoms with Crippen molar-refractivity contribution in [2.75, 3.05) is 0 Å². The van der Waals surface area contributed by atoms with Crippen molar-refractivity contribution in [2.45, 2.75) is 37.8 Å². The molecule has 0 unspecified atom stereocenters. The molecule has 5 heteroatoms. The third-order valence-corrected chi connectivity index (χ3v) is 3.99. The van der Waals surface area contributed by atoms with Gasteiger partial charge in [0.1, 0.15) is 6.10 Å². The molecule has 112 valence electrons. The Morgan fingerprint density at radius 1 is 1.41 bits per heavy atom.